The van der Waals surface area contributed by atoms with Crippen molar-refractivity contribution in [1.82, 2.24) is 0 Å². The number of amides is 1. The van der Waals surface area contributed by atoms with Gasteiger partial charge >= 0.3 is 0 Å². The van der Waals surface area contributed by atoms with E-state index < -0.39 is 5.91 Å². The quantitative estimate of drug-likeness (QED) is 0.707. The average Bonchev–Trinajstić information content (AvgIpc) is 2.39. The summed E-state index contributed by atoms with van der Waals surface area (Å²) in [7, 11) is 0. The summed E-state index contributed by atoms with van der Waals surface area (Å²) in [4.78, 5) is 10.9. The van der Waals surface area contributed by atoms with E-state index in [0.29, 0.717) is 18.7 Å². The molecule has 4 N–H and O–H groups in total. The Bertz CT molecular complexity index is 399. The highest BCUT2D eigenvalue weighted by atomic mass is 16.5. The largest absolute Gasteiger partial charge is 0.494 e. The molecule has 0 aliphatic rings. The van der Waals surface area contributed by atoms with Gasteiger partial charge in [0, 0.05) is 5.56 Å². The van der Waals surface area contributed by atoms with E-state index in [9.17, 15) is 4.79 Å². The number of hydrogen-bond acceptors (Lipinski definition) is 3. The third kappa shape index (κ3) is 5.75. The smallest absolute Gasteiger partial charge is 0.248 e. The predicted octanol–water partition coefficient (Wildman–Crippen LogP) is 2.32. The van der Waals surface area contributed by atoms with Crippen LogP contribution in [0.1, 0.15) is 43.5 Å². The Kier molecular flexibility index (Phi) is 5.83. The molecule has 0 fully saturated rings. The number of benzene rings is 1. The molecule has 1 aromatic rings. The van der Waals surface area contributed by atoms with Crippen molar-refractivity contribution in [3.05, 3.63) is 29.8 Å². The van der Waals surface area contributed by atoms with Crippen molar-refractivity contribution in [2.24, 2.45) is 16.9 Å². The fourth-order valence-corrected chi connectivity index (χ4v) is 1.71. The van der Waals surface area contributed by atoms with Gasteiger partial charge in [0.2, 0.25) is 5.91 Å². The van der Waals surface area contributed by atoms with Crippen molar-refractivity contribution < 1.29 is 9.53 Å². The number of carbonyl (C=O) groups excluding carboxylic acids is 1. The van der Waals surface area contributed by atoms with Crippen molar-refractivity contribution >= 4 is 5.91 Å². The van der Waals surface area contributed by atoms with Crippen molar-refractivity contribution in [3.8, 4) is 5.75 Å². The first-order valence-electron chi connectivity index (χ1n) is 6.67. The first-order valence-corrected chi connectivity index (χ1v) is 6.67. The van der Waals surface area contributed by atoms with E-state index in [1.54, 1.807) is 24.3 Å². The molecule has 0 aromatic heterocycles. The monoisotopic (exact) mass is 264 g/mol. The first-order chi connectivity index (χ1) is 8.94. The van der Waals surface area contributed by atoms with Crippen LogP contribution in [-0.4, -0.2) is 19.1 Å². The number of nitrogens with two attached hydrogens (primary N) is 2. The number of carbonyl (C=O) groups is 1. The van der Waals surface area contributed by atoms with Crippen molar-refractivity contribution in [2.75, 3.05) is 13.2 Å². The lowest BCUT2D eigenvalue weighted by atomic mass is 9.87. The Morgan fingerprint density at radius 2 is 1.84 bits per heavy atom. The molecule has 0 spiro atoms. The zero-order valence-electron chi connectivity index (χ0n) is 11.8. The molecular weight excluding hydrogens is 240 g/mol. The van der Waals surface area contributed by atoms with Gasteiger partial charge in [-0.25, -0.2) is 0 Å². The number of rotatable bonds is 8. The summed E-state index contributed by atoms with van der Waals surface area (Å²) in [5.74, 6) is 0.346. The minimum atomic E-state index is -0.421. The third-order valence-corrected chi connectivity index (χ3v) is 3.21. The molecule has 0 heterocycles. The van der Waals surface area contributed by atoms with Gasteiger partial charge in [-0.1, -0.05) is 13.8 Å². The second-order valence-electron chi connectivity index (χ2n) is 5.56. The lowest BCUT2D eigenvalue weighted by Crippen LogP contribution is -2.23. The Morgan fingerprint density at radius 3 is 2.37 bits per heavy atom. The van der Waals surface area contributed by atoms with Crippen LogP contribution < -0.4 is 16.2 Å². The second kappa shape index (κ2) is 7.14. The summed E-state index contributed by atoms with van der Waals surface area (Å²) in [6, 6.07) is 6.89. The average molecular weight is 264 g/mol. The first kappa shape index (κ1) is 15.5. The number of unbranched alkanes of at least 4 members (excludes halogenated alkanes) is 1. The van der Waals surface area contributed by atoms with E-state index in [0.717, 1.165) is 25.0 Å². The van der Waals surface area contributed by atoms with Crippen molar-refractivity contribution in [2.45, 2.75) is 33.1 Å². The molecule has 0 bridgehead atoms. The van der Waals surface area contributed by atoms with Crippen LogP contribution in [0.4, 0.5) is 0 Å². The molecular formula is C15H24N2O2. The van der Waals surface area contributed by atoms with Crippen LogP contribution in [0.3, 0.4) is 0 Å². The molecule has 1 rings (SSSR count). The fourth-order valence-electron chi connectivity index (χ4n) is 1.71. The molecule has 4 nitrogen and oxygen atoms in total. The normalized spacial score (nSPS) is 11.3. The van der Waals surface area contributed by atoms with Crippen LogP contribution in [0.2, 0.25) is 0 Å². The summed E-state index contributed by atoms with van der Waals surface area (Å²) in [5, 5.41) is 0. The lowest BCUT2D eigenvalue weighted by Gasteiger charge is -2.21. The van der Waals surface area contributed by atoms with E-state index in [4.69, 9.17) is 16.2 Å². The van der Waals surface area contributed by atoms with Crippen LogP contribution in [-0.2, 0) is 0 Å². The van der Waals surface area contributed by atoms with Crippen LogP contribution in [0.5, 0.6) is 5.75 Å². The Balaban J connectivity index is 2.24. The lowest BCUT2D eigenvalue weighted by molar-refractivity contribution is 0.100. The Morgan fingerprint density at radius 1 is 1.21 bits per heavy atom. The highest BCUT2D eigenvalue weighted by Crippen LogP contribution is 2.21. The fraction of sp³-hybridized carbons (Fsp3) is 0.533. The minimum Gasteiger partial charge on any atom is -0.494 e. The van der Waals surface area contributed by atoms with Gasteiger partial charge in [0.1, 0.15) is 5.75 Å². The summed E-state index contributed by atoms with van der Waals surface area (Å²) in [5.41, 5.74) is 11.6. The maximum Gasteiger partial charge on any atom is 0.248 e. The zero-order valence-corrected chi connectivity index (χ0v) is 11.8. The van der Waals surface area contributed by atoms with Crippen molar-refractivity contribution in [3.63, 3.8) is 0 Å². The molecule has 1 aromatic carbocycles. The maximum absolute atomic E-state index is 10.9. The predicted molar refractivity (Wildman–Crippen MR) is 77.1 cm³/mol. The molecule has 0 radical (unpaired) electrons. The van der Waals surface area contributed by atoms with E-state index in [2.05, 4.69) is 13.8 Å². The Hall–Kier alpha value is -1.55. The van der Waals surface area contributed by atoms with Gasteiger partial charge in [-0.3, -0.25) is 4.79 Å². The molecule has 0 aliphatic carbocycles. The second-order valence-corrected chi connectivity index (χ2v) is 5.56. The van der Waals surface area contributed by atoms with Gasteiger partial charge in [0.25, 0.3) is 0 Å². The summed E-state index contributed by atoms with van der Waals surface area (Å²) < 4.78 is 5.61. The van der Waals surface area contributed by atoms with Gasteiger partial charge in [-0.15, -0.1) is 0 Å². The van der Waals surface area contributed by atoms with Gasteiger partial charge in [-0.2, -0.15) is 0 Å². The minimum absolute atomic E-state index is 0.211. The highest BCUT2D eigenvalue weighted by molar-refractivity contribution is 5.92. The molecule has 0 aliphatic heterocycles. The summed E-state index contributed by atoms with van der Waals surface area (Å²) in [6.07, 6.45) is 3.21. The van der Waals surface area contributed by atoms with E-state index in [1.165, 1.54) is 0 Å². The van der Waals surface area contributed by atoms with Crippen LogP contribution >= 0.6 is 0 Å². The van der Waals surface area contributed by atoms with Crippen LogP contribution in [0.15, 0.2) is 24.3 Å². The Labute approximate surface area is 115 Å². The van der Waals surface area contributed by atoms with E-state index >= 15 is 0 Å². The number of ether oxygens (including phenoxy) is 1. The molecule has 0 saturated carbocycles. The van der Waals surface area contributed by atoms with Crippen LogP contribution in [0, 0.1) is 5.41 Å². The van der Waals surface area contributed by atoms with Crippen LogP contribution in [0.25, 0.3) is 0 Å². The molecule has 1 amide bonds. The van der Waals surface area contributed by atoms with Gasteiger partial charge in [0.15, 0.2) is 0 Å². The van der Waals surface area contributed by atoms with Crippen molar-refractivity contribution in [1.29, 1.82) is 0 Å². The topological polar surface area (TPSA) is 78.3 Å². The molecule has 19 heavy (non-hydrogen) atoms. The van der Waals surface area contributed by atoms with Gasteiger partial charge in [0.05, 0.1) is 6.61 Å². The molecule has 0 saturated heterocycles. The van der Waals surface area contributed by atoms with Gasteiger partial charge in [-0.05, 0) is 55.5 Å². The standard InChI is InChI=1S/C15H24N2O2/c1-15(2,11-16)9-3-4-10-19-13-7-5-12(6-8-13)14(17)18/h5-8H,3-4,9-11,16H2,1-2H3,(H2,17,18). The SMILES string of the molecule is CC(C)(CN)CCCCOc1ccc(C(N)=O)cc1. The van der Waals surface area contributed by atoms with E-state index in [-0.39, 0.29) is 5.41 Å². The molecule has 0 unspecified atom stereocenters. The molecule has 0 atom stereocenters. The molecule has 4 heteroatoms. The zero-order chi connectivity index (χ0) is 14.3. The summed E-state index contributed by atoms with van der Waals surface area (Å²) >= 11 is 0. The summed E-state index contributed by atoms with van der Waals surface area (Å²) in [6.45, 7) is 5.74. The maximum atomic E-state index is 10.9. The number of primary amides is 1. The highest BCUT2D eigenvalue weighted by Gasteiger charge is 2.14. The van der Waals surface area contributed by atoms with E-state index in [1.807, 2.05) is 0 Å². The van der Waals surface area contributed by atoms with Gasteiger partial charge < -0.3 is 16.2 Å². The number of hydrogen-bond donors (Lipinski definition) is 2. The molecule has 106 valence electrons. The third-order valence-electron chi connectivity index (χ3n) is 3.21.